The van der Waals surface area contributed by atoms with Gasteiger partial charge in [-0.3, -0.25) is 10.1 Å². The Balaban J connectivity index is 2.39. The van der Waals surface area contributed by atoms with Crippen molar-refractivity contribution in [3.05, 3.63) is 39.9 Å². The monoisotopic (exact) mass is 237 g/mol. The number of aliphatic hydroxyl groups excluding tert-OH is 1. The van der Waals surface area contributed by atoms with Crippen molar-refractivity contribution in [2.75, 3.05) is 13.2 Å². The van der Waals surface area contributed by atoms with Gasteiger partial charge >= 0.3 is 0 Å². The Hall–Kier alpha value is -1.62. The second kappa shape index (κ2) is 4.71. The van der Waals surface area contributed by atoms with Gasteiger partial charge in [0.15, 0.2) is 0 Å². The van der Waals surface area contributed by atoms with Crippen LogP contribution in [0.2, 0.25) is 0 Å². The molecule has 17 heavy (non-hydrogen) atoms. The number of hydrogen-bond donors (Lipinski definition) is 1. The van der Waals surface area contributed by atoms with Gasteiger partial charge in [-0.05, 0) is 13.0 Å². The number of benzene rings is 1. The number of ether oxygens (including phenoxy) is 1. The molecule has 1 aliphatic rings. The minimum Gasteiger partial charge on any atom is -0.490 e. The summed E-state index contributed by atoms with van der Waals surface area (Å²) in [5.74, 6) is 0.182. The highest BCUT2D eigenvalue weighted by atomic mass is 16.6. The van der Waals surface area contributed by atoms with Crippen LogP contribution in [0.25, 0.3) is 0 Å². The summed E-state index contributed by atoms with van der Waals surface area (Å²) >= 11 is 0. The molecule has 5 nitrogen and oxygen atoms in total. The van der Waals surface area contributed by atoms with Crippen LogP contribution in [0.4, 0.5) is 0 Å². The van der Waals surface area contributed by atoms with Crippen molar-refractivity contribution in [1.82, 2.24) is 0 Å². The number of aliphatic hydroxyl groups is 1. The molecule has 0 saturated heterocycles. The van der Waals surface area contributed by atoms with Crippen molar-refractivity contribution in [2.24, 2.45) is 5.92 Å². The molecule has 0 fully saturated rings. The van der Waals surface area contributed by atoms with Gasteiger partial charge in [-0.25, -0.2) is 0 Å². The summed E-state index contributed by atoms with van der Waals surface area (Å²) in [4.78, 5) is 10.4. The maximum absolute atomic E-state index is 10.7. The number of nitrogens with zero attached hydrogens (tertiary/aromatic N) is 1. The highest BCUT2D eigenvalue weighted by Crippen LogP contribution is 2.39. The summed E-state index contributed by atoms with van der Waals surface area (Å²) in [5, 5.41) is 20.1. The van der Waals surface area contributed by atoms with E-state index >= 15 is 0 Å². The third kappa shape index (κ3) is 2.24. The average Bonchev–Trinajstić information content (AvgIpc) is 2.28. The molecule has 2 rings (SSSR count). The fourth-order valence-corrected chi connectivity index (χ4v) is 2.41. The summed E-state index contributed by atoms with van der Waals surface area (Å²) < 4.78 is 5.66. The van der Waals surface area contributed by atoms with Crippen LogP contribution in [0.5, 0.6) is 5.75 Å². The van der Waals surface area contributed by atoms with Gasteiger partial charge in [-0.15, -0.1) is 0 Å². The average molecular weight is 237 g/mol. The van der Waals surface area contributed by atoms with Crippen LogP contribution in [0, 0.1) is 16.0 Å². The van der Waals surface area contributed by atoms with Gasteiger partial charge in [0.2, 0.25) is 6.54 Å². The van der Waals surface area contributed by atoms with Gasteiger partial charge in [-0.2, -0.15) is 0 Å². The second-order valence-electron chi connectivity index (χ2n) is 4.33. The van der Waals surface area contributed by atoms with Crippen LogP contribution >= 0.6 is 0 Å². The van der Waals surface area contributed by atoms with E-state index < -0.39 is 0 Å². The Bertz CT molecular complexity index is 421. The van der Waals surface area contributed by atoms with Crippen LogP contribution in [0.1, 0.15) is 18.4 Å². The summed E-state index contributed by atoms with van der Waals surface area (Å²) in [6, 6.07) is 7.32. The lowest BCUT2D eigenvalue weighted by molar-refractivity contribution is -0.485. The van der Waals surface area contributed by atoms with Crippen LogP contribution in [-0.4, -0.2) is 29.3 Å². The zero-order valence-corrected chi connectivity index (χ0v) is 9.57. The molecule has 0 aliphatic carbocycles. The largest absolute Gasteiger partial charge is 0.490 e. The smallest absolute Gasteiger partial charge is 0.211 e. The molecule has 92 valence electrons. The third-order valence-electron chi connectivity index (χ3n) is 3.31. The predicted molar refractivity (Wildman–Crippen MR) is 61.7 cm³/mol. The number of hydrogen-bond acceptors (Lipinski definition) is 4. The topological polar surface area (TPSA) is 72.6 Å². The van der Waals surface area contributed by atoms with Gasteiger partial charge in [-0.1, -0.05) is 18.2 Å². The van der Waals surface area contributed by atoms with E-state index in [1.54, 1.807) is 0 Å². The zero-order valence-electron chi connectivity index (χ0n) is 9.57. The summed E-state index contributed by atoms with van der Waals surface area (Å²) in [6.45, 7) is 1.56. The first kappa shape index (κ1) is 11.9. The van der Waals surface area contributed by atoms with E-state index in [0.717, 1.165) is 5.56 Å². The lowest BCUT2D eigenvalue weighted by atomic mass is 9.81. The van der Waals surface area contributed by atoms with Crippen molar-refractivity contribution >= 4 is 0 Å². The number of para-hydroxylation sites is 1. The molecule has 0 unspecified atom stereocenters. The summed E-state index contributed by atoms with van der Waals surface area (Å²) in [5.41, 5.74) is 0.821. The van der Waals surface area contributed by atoms with Crippen molar-refractivity contribution in [3.8, 4) is 5.75 Å². The van der Waals surface area contributed by atoms with E-state index in [0.29, 0.717) is 5.75 Å². The molecule has 0 amide bonds. The van der Waals surface area contributed by atoms with Gasteiger partial charge in [0, 0.05) is 16.4 Å². The van der Waals surface area contributed by atoms with E-state index in [1.807, 2.05) is 31.2 Å². The normalized spacial score (nSPS) is 27.1. The first-order valence-corrected chi connectivity index (χ1v) is 5.61. The SMILES string of the molecule is C[C@@H]1Oc2ccccc2[C@H](C[N+](=O)[O-])[C@H]1CO. The van der Waals surface area contributed by atoms with E-state index in [1.165, 1.54) is 0 Å². The van der Waals surface area contributed by atoms with E-state index in [2.05, 4.69) is 0 Å². The Morgan fingerprint density at radius 2 is 2.18 bits per heavy atom. The second-order valence-corrected chi connectivity index (χ2v) is 4.33. The molecule has 1 heterocycles. The van der Waals surface area contributed by atoms with Gasteiger partial charge < -0.3 is 9.84 Å². The molecule has 1 aromatic carbocycles. The molecule has 1 aromatic rings. The van der Waals surface area contributed by atoms with Gasteiger partial charge in [0.1, 0.15) is 11.9 Å². The molecule has 0 aromatic heterocycles. The molecule has 0 radical (unpaired) electrons. The highest BCUT2D eigenvalue weighted by molar-refractivity contribution is 5.39. The maximum Gasteiger partial charge on any atom is 0.211 e. The molecule has 0 spiro atoms. The Kier molecular flexibility index (Phi) is 3.28. The van der Waals surface area contributed by atoms with Crippen molar-refractivity contribution in [3.63, 3.8) is 0 Å². The minimum absolute atomic E-state index is 0.103. The van der Waals surface area contributed by atoms with Crippen LogP contribution in [-0.2, 0) is 0 Å². The molecular formula is C12H15NO4. The number of rotatable bonds is 3. The molecule has 0 bridgehead atoms. The predicted octanol–water partition coefficient (Wildman–Crippen LogP) is 1.44. The Morgan fingerprint density at radius 3 is 2.82 bits per heavy atom. The Labute approximate surface area is 99.2 Å². The molecule has 1 N–H and O–H groups in total. The highest BCUT2D eigenvalue weighted by Gasteiger charge is 2.38. The Morgan fingerprint density at radius 1 is 1.47 bits per heavy atom. The van der Waals surface area contributed by atoms with E-state index in [-0.39, 0.29) is 36.0 Å². The van der Waals surface area contributed by atoms with Crippen LogP contribution in [0.15, 0.2) is 24.3 Å². The molecule has 0 saturated carbocycles. The lowest BCUT2D eigenvalue weighted by Crippen LogP contribution is -2.39. The standard InChI is InChI=1S/C12H15NO4/c1-8-11(7-14)10(6-13(15)16)9-4-2-3-5-12(9)17-8/h2-5,8,10-11,14H,6-7H2,1H3/t8-,10-,11-/m0/s1. The minimum atomic E-state index is -0.331. The molecule has 5 heteroatoms. The summed E-state index contributed by atoms with van der Waals surface area (Å²) in [7, 11) is 0. The van der Waals surface area contributed by atoms with Crippen LogP contribution in [0.3, 0.4) is 0 Å². The number of fused-ring (bicyclic) bond motifs is 1. The first-order chi connectivity index (χ1) is 8.13. The van der Waals surface area contributed by atoms with Crippen molar-refractivity contribution < 1.29 is 14.8 Å². The molecule has 1 aliphatic heterocycles. The molecule has 3 atom stereocenters. The quantitative estimate of drug-likeness (QED) is 0.637. The maximum atomic E-state index is 10.7. The first-order valence-electron chi connectivity index (χ1n) is 5.61. The van der Waals surface area contributed by atoms with Crippen molar-refractivity contribution in [2.45, 2.75) is 18.9 Å². The van der Waals surface area contributed by atoms with Crippen LogP contribution < -0.4 is 4.74 Å². The van der Waals surface area contributed by atoms with Gasteiger partial charge in [0.25, 0.3) is 0 Å². The zero-order chi connectivity index (χ0) is 12.4. The van der Waals surface area contributed by atoms with Gasteiger partial charge in [0.05, 0.1) is 12.5 Å². The van der Waals surface area contributed by atoms with E-state index in [9.17, 15) is 15.2 Å². The fourth-order valence-electron chi connectivity index (χ4n) is 2.41. The van der Waals surface area contributed by atoms with Crippen molar-refractivity contribution in [1.29, 1.82) is 0 Å². The molecular weight excluding hydrogens is 222 g/mol. The summed E-state index contributed by atoms with van der Waals surface area (Å²) in [6.07, 6.45) is -0.208. The fraction of sp³-hybridized carbons (Fsp3) is 0.500. The van der Waals surface area contributed by atoms with E-state index in [4.69, 9.17) is 4.74 Å². The number of nitro groups is 1. The lowest BCUT2D eigenvalue weighted by Gasteiger charge is -2.35. The third-order valence-corrected chi connectivity index (χ3v) is 3.31.